The number of carbonyl (C=O) groups excluding carboxylic acids is 1. The number of aryl methyl sites for hydroxylation is 1. The summed E-state index contributed by atoms with van der Waals surface area (Å²) >= 11 is 0. The van der Waals surface area contributed by atoms with Gasteiger partial charge in [-0.3, -0.25) is 4.90 Å². The van der Waals surface area contributed by atoms with Gasteiger partial charge in [0, 0.05) is 12.0 Å². The maximum Gasteiger partial charge on any atom is 0.411 e. The predicted octanol–water partition coefficient (Wildman–Crippen LogP) is 5.83. The van der Waals surface area contributed by atoms with Crippen molar-refractivity contribution in [2.24, 2.45) is 0 Å². The molecule has 0 aliphatic carbocycles. The van der Waals surface area contributed by atoms with Crippen molar-refractivity contribution in [3.05, 3.63) is 29.7 Å². The third-order valence-electron chi connectivity index (χ3n) is 5.82. The van der Waals surface area contributed by atoms with Crippen LogP contribution in [0.1, 0.15) is 90.1 Å². The minimum absolute atomic E-state index is 0.168. The molecule has 0 spiro atoms. The number of rotatable bonds is 10. The normalized spacial score (nSPS) is 18.4. The van der Waals surface area contributed by atoms with Crippen molar-refractivity contribution >= 4 is 6.09 Å². The van der Waals surface area contributed by atoms with Gasteiger partial charge in [0.05, 0.1) is 19.3 Å². The van der Waals surface area contributed by atoms with E-state index in [1.807, 2.05) is 25.1 Å². The zero-order valence-corrected chi connectivity index (χ0v) is 21.2. The van der Waals surface area contributed by atoms with Crippen LogP contribution in [0, 0.1) is 6.92 Å². The molecule has 2 atom stereocenters. The Morgan fingerprint density at radius 3 is 2.65 bits per heavy atom. The maximum absolute atomic E-state index is 12.6. The summed E-state index contributed by atoms with van der Waals surface area (Å²) in [7, 11) is 0. The predicted molar refractivity (Wildman–Crippen MR) is 130 cm³/mol. The second-order valence-electron chi connectivity index (χ2n) is 10.1. The van der Waals surface area contributed by atoms with Crippen LogP contribution in [0.2, 0.25) is 0 Å². The average Bonchev–Trinajstić information content (AvgIpc) is 3.39. The molecule has 0 bridgehead atoms. The van der Waals surface area contributed by atoms with Crippen molar-refractivity contribution in [3.63, 3.8) is 0 Å². The Balaban J connectivity index is 1.61. The molecule has 0 unspecified atom stereocenters. The molecule has 1 saturated heterocycles. The Bertz CT molecular complexity index is 937. The first kappa shape index (κ1) is 26.0. The van der Waals surface area contributed by atoms with Crippen molar-refractivity contribution in [3.8, 4) is 17.1 Å². The molecule has 0 radical (unpaired) electrons. The van der Waals surface area contributed by atoms with E-state index in [4.69, 9.17) is 14.0 Å². The Kier molecular flexibility index (Phi) is 8.94. The van der Waals surface area contributed by atoms with Crippen molar-refractivity contribution in [1.29, 1.82) is 0 Å². The number of ether oxygens (including phenoxy) is 2. The highest BCUT2D eigenvalue weighted by Gasteiger charge is 2.40. The zero-order chi connectivity index (χ0) is 24.7. The second-order valence-corrected chi connectivity index (χ2v) is 10.1. The van der Waals surface area contributed by atoms with Gasteiger partial charge in [-0.05, 0) is 57.9 Å². The molecule has 2 heterocycles. The number of benzene rings is 1. The first-order valence-corrected chi connectivity index (χ1v) is 12.4. The lowest BCUT2D eigenvalue weighted by atomic mass is 10.1. The number of aliphatic hydroxyl groups excluding tert-OH is 1. The van der Waals surface area contributed by atoms with Crippen LogP contribution in [0.3, 0.4) is 0 Å². The van der Waals surface area contributed by atoms with Gasteiger partial charge in [0.25, 0.3) is 0 Å². The number of β-amino-alcohol motifs (C(OH)–C–C–N with tert-alkyl or cyclic N) is 1. The minimum atomic E-state index is -0.668. The van der Waals surface area contributed by atoms with E-state index in [0.717, 1.165) is 23.3 Å². The second kappa shape index (κ2) is 11.7. The van der Waals surface area contributed by atoms with E-state index in [-0.39, 0.29) is 6.54 Å². The zero-order valence-electron chi connectivity index (χ0n) is 21.2. The van der Waals surface area contributed by atoms with Gasteiger partial charge in [-0.1, -0.05) is 44.2 Å². The summed E-state index contributed by atoms with van der Waals surface area (Å²) in [5.41, 5.74) is 1.18. The van der Waals surface area contributed by atoms with E-state index in [0.29, 0.717) is 24.7 Å². The topological polar surface area (TPSA) is 97.9 Å². The Labute approximate surface area is 202 Å². The van der Waals surface area contributed by atoms with Crippen LogP contribution in [0.5, 0.6) is 5.75 Å². The Morgan fingerprint density at radius 2 is 1.94 bits per heavy atom. The summed E-state index contributed by atoms with van der Waals surface area (Å²) in [5, 5.41) is 14.3. The quantitative estimate of drug-likeness (QED) is 0.434. The van der Waals surface area contributed by atoms with Gasteiger partial charge >= 0.3 is 6.09 Å². The molecular weight excluding hydrogens is 434 g/mol. The molecule has 1 fully saturated rings. The van der Waals surface area contributed by atoms with Gasteiger partial charge in [0.2, 0.25) is 11.7 Å². The molecule has 3 rings (SSSR count). The molecule has 1 aliphatic rings. The van der Waals surface area contributed by atoms with Gasteiger partial charge < -0.3 is 19.1 Å². The van der Waals surface area contributed by atoms with Crippen molar-refractivity contribution in [1.82, 2.24) is 15.0 Å². The molecule has 1 amide bonds. The van der Waals surface area contributed by atoms with Gasteiger partial charge in [0.1, 0.15) is 17.4 Å². The van der Waals surface area contributed by atoms with Crippen LogP contribution < -0.4 is 4.74 Å². The molecule has 1 aromatic heterocycles. The van der Waals surface area contributed by atoms with Gasteiger partial charge in [-0.15, -0.1) is 0 Å². The standard InChI is InChI=1S/C26H39N3O5/c1-6-7-8-9-10-11-14-32-22-13-12-19(15-18(22)2)23-27-24(34-28-23)21-16-20(30)17-29(21)25(31)33-26(3,4)5/h12-13,15,20-21,30H,6-11,14,16-17H2,1-5H3/t20-,21-/m0/s1. The molecule has 2 aromatic rings. The fraction of sp³-hybridized carbons (Fsp3) is 0.654. The number of aliphatic hydroxyl groups is 1. The fourth-order valence-electron chi connectivity index (χ4n) is 4.07. The van der Waals surface area contributed by atoms with E-state index in [9.17, 15) is 9.90 Å². The molecular formula is C26H39N3O5. The minimum Gasteiger partial charge on any atom is -0.493 e. The molecule has 1 aliphatic heterocycles. The molecule has 34 heavy (non-hydrogen) atoms. The maximum atomic E-state index is 12.6. The first-order valence-electron chi connectivity index (χ1n) is 12.4. The number of nitrogens with zero attached hydrogens (tertiary/aromatic N) is 3. The molecule has 0 saturated carbocycles. The van der Waals surface area contributed by atoms with Crippen molar-refractivity contribution in [2.45, 2.75) is 97.3 Å². The van der Waals surface area contributed by atoms with Crippen molar-refractivity contribution < 1.29 is 23.9 Å². The highest BCUT2D eigenvalue weighted by molar-refractivity contribution is 5.69. The number of aromatic nitrogens is 2. The van der Waals surface area contributed by atoms with Crippen LogP contribution in [-0.2, 0) is 4.74 Å². The van der Waals surface area contributed by atoms with Gasteiger partial charge in [-0.2, -0.15) is 4.98 Å². The summed E-state index contributed by atoms with van der Waals surface area (Å²) in [6.07, 6.45) is 6.53. The highest BCUT2D eigenvalue weighted by atomic mass is 16.6. The Morgan fingerprint density at radius 1 is 1.21 bits per heavy atom. The molecule has 188 valence electrons. The van der Waals surface area contributed by atoms with E-state index in [2.05, 4.69) is 17.1 Å². The first-order chi connectivity index (χ1) is 16.2. The van der Waals surface area contributed by atoms with Crippen LogP contribution >= 0.6 is 0 Å². The summed E-state index contributed by atoms with van der Waals surface area (Å²) in [4.78, 5) is 18.6. The van der Waals surface area contributed by atoms with Gasteiger partial charge in [0.15, 0.2) is 0 Å². The van der Waals surface area contributed by atoms with Crippen LogP contribution in [-0.4, -0.2) is 51.1 Å². The van der Waals surface area contributed by atoms with Crippen LogP contribution in [0.4, 0.5) is 4.79 Å². The fourth-order valence-corrected chi connectivity index (χ4v) is 4.07. The molecule has 1 N–H and O–H groups in total. The molecule has 1 aromatic carbocycles. The number of unbranched alkanes of at least 4 members (excludes halogenated alkanes) is 5. The largest absolute Gasteiger partial charge is 0.493 e. The van der Waals surface area contributed by atoms with Crippen LogP contribution in [0.15, 0.2) is 22.7 Å². The lowest BCUT2D eigenvalue weighted by molar-refractivity contribution is 0.0184. The third-order valence-corrected chi connectivity index (χ3v) is 5.82. The van der Waals surface area contributed by atoms with Gasteiger partial charge in [-0.25, -0.2) is 4.79 Å². The smallest absolute Gasteiger partial charge is 0.411 e. The number of likely N-dealkylation sites (tertiary alicyclic amines) is 1. The van der Waals surface area contributed by atoms with E-state index in [1.54, 1.807) is 20.8 Å². The summed E-state index contributed by atoms with van der Waals surface area (Å²) in [6.45, 7) is 10.5. The molecule has 8 heteroatoms. The Hall–Kier alpha value is -2.61. The number of hydrogen-bond acceptors (Lipinski definition) is 7. The third kappa shape index (κ3) is 7.19. The average molecular weight is 474 g/mol. The van der Waals surface area contributed by atoms with Crippen molar-refractivity contribution in [2.75, 3.05) is 13.2 Å². The lowest BCUT2D eigenvalue weighted by Gasteiger charge is -2.26. The number of hydrogen-bond donors (Lipinski definition) is 1. The highest BCUT2D eigenvalue weighted by Crippen LogP contribution is 2.34. The lowest BCUT2D eigenvalue weighted by Crippen LogP contribution is -2.37. The van der Waals surface area contributed by atoms with Crippen LogP contribution in [0.25, 0.3) is 11.4 Å². The van der Waals surface area contributed by atoms with E-state index in [1.165, 1.54) is 37.0 Å². The van der Waals surface area contributed by atoms with E-state index >= 15 is 0 Å². The summed E-state index contributed by atoms with van der Waals surface area (Å²) in [6, 6.07) is 5.30. The summed E-state index contributed by atoms with van der Waals surface area (Å²) in [5.74, 6) is 1.58. The molecule has 8 nitrogen and oxygen atoms in total. The number of carbonyl (C=O) groups is 1. The summed E-state index contributed by atoms with van der Waals surface area (Å²) < 4.78 is 16.9. The number of amides is 1. The SMILES string of the molecule is CCCCCCCCOc1ccc(-c2noc([C@@H]3C[C@H](O)CN3C(=O)OC(C)(C)C)n2)cc1C. The van der Waals surface area contributed by atoms with E-state index < -0.39 is 23.8 Å². The monoisotopic (exact) mass is 473 g/mol.